The van der Waals surface area contributed by atoms with Crippen molar-refractivity contribution in [3.05, 3.63) is 0 Å². The lowest BCUT2D eigenvalue weighted by molar-refractivity contribution is 0.184. The molecule has 0 aliphatic carbocycles. The van der Waals surface area contributed by atoms with Crippen LogP contribution in [-0.4, -0.2) is 26.2 Å². The van der Waals surface area contributed by atoms with Gasteiger partial charge in [0.15, 0.2) is 0 Å². The van der Waals surface area contributed by atoms with Crippen molar-refractivity contribution >= 4 is 0 Å². The maximum atomic E-state index is 5.65. The summed E-state index contributed by atoms with van der Waals surface area (Å²) in [6.07, 6.45) is 9.18. The Labute approximate surface area is 106 Å². The minimum absolute atomic E-state index is 0.386. The van der Waals surface area contributed by atoms with Gasteiger partial charge in [0, 0.05) is 0 Å². The fraction of sp³-hybridized carbons (Fsp3) is 1.00. The Morgan fingerprint density at radius 3 is 0.882 bits per heavy atom. The van der Waals surface area contributed by atoms with Gasteiger partial charge in [-0.1, -0.05) is 0 Å². The number of hydrogen-bond donors (Lipinski definition) is 4. The maximum Gasteiger partial charge on any atom is -0.00771 e. The van der Waals surface area contributed by atoms with Crippen LogP contribution in [-0.2, 0) is 0 Å². The first-order chi connectivity index (χ1) is 8.24. The van der Waals surface area contributed by atoms with E-state index in [2.05, 4.69) is 0 Å². The molecular weight excluding hydrogens is 212 g/mol. The van der Waals surface area contributed by atoms with Crippen molar-refractivity contribution in [3.8, 4) is 0 Å². The average molecular weight is 244 g/mol. The molecule has 4 heteroatoms. The van der Waals surface area contributed by atoms with Gasteiger partial charge in [-0.2, -0.15) is 0 Å². The van der Waals surface area contributed by atoms with Gasteiger partial charge in [-0.3, -0.25) is 0 Å². The molecule has 0 rings (SSSR count). The second kappa shape index (κ2) is 11.0. The van der Waals surface area contributed by atoms with Gasteiger partial charge in [-0.25, -0.2) is 0 Å². The first-order valence-electron chi connectivity index (χ1n) is 7.05. The number of nitrogens with two attached hydrogens (primary N) is 4. The Bertz CT molecular complexity index is 124. The topological polar surface area (TPSA) is 104 Å². The largest absolute Gasteiger partial charge is 0.330 e. The zero-order valence-corrected chi connectivity index (χ0v) is 11.3. The standard InChI is InChI=1S/C13H32N4/c14-9-1-5-13(6-2-10-15,7-3-11-16)8-4-12-17/h1-12,14-17H2. The second-order valence-electron chi connectivity index (χ2n) is 5.07. The highest BCUT2D eigenvalue weighted by Crippen LogP contribution is 2.39. The van der Waals surface area contributed by atoms with Gasteiger partial charge in [-0.15, -0.1) is 0 Å². The first kappa shape index (κ1) is 16.8. The van der Waals surface area contributed by atoms with Crippen molar-refractivity contribution in [1.82, 2.24) is 0 Å². The summed E-state index contributed by atoms with van der Waals surface area (Å²) in [5, 5.41) is 0. The minimum Gasteiger partial charge on any atom is -0.330 e. The Balaban J connectivity index is 4.39. The lowest BCUT2D eigenvalue weighted by Crippen LogP contribution is -2.25. The SMILES string of the molecule is NCCCC(CCCN)(CCCN)CCCN. The van der Waals surface area contributed by atoms with Crippen LogP contribution in [0.2, 0.25) is 0 Å². The molecule has 0 amide bonds. The Morgan fingerprint density at radius 2 is 0.706 bits per heavy atom. The van der Waals surface area contributed by atoms with Crippen LogP contribution >= 0.6 is 0 Å². The molecule has 17 heavy (non-hydrogen) atoms. The zero-order valence-electron chi connectivity index (χ0n) is 11.3. The van der Waals surface area contributed by atoms with Crippen LogP contribution in [0.1, 0.15) is 51.4 Å². The molecule has 0 aromatic rings. The van der Waals surface area contributed by atoms with E-state index >= 15 is 0 Å². The minimum atomic E-state index is 0.386. The molecule has 0 aliphatic rings. The van der Waals surface area contributed by atoms with Crippen LogP contribution in [0.3, 0.4) is 0 Å². The normalized spacial score (nSPS) is 12.0. The Hall–Kier alpha value is -0.160. The molecule has 0 saturated heterocycles. The molecule has 104 valence electrons. The van der Waals surface area contributed by atoms with E-state index in [-0.39, 0.29) is 0 Å². The van der Waals surface area contributed by atoms with Crippen LogP contribution in [0, 0.1) is 5.41 Å². The van der Waals surface area contributed by atoms with Crippen LogP contribution in [0.4, 0.5) is 0 Å². The van der Waals surface area contributed by atoms with E-state index in [9.17, 15) is 0 Å². The van der Waals surface area contributed by atoms with E-state index < -0.39 is 0 Å². The van der Waals surface area contributed by atoms with Crippen molar-refractivity contribution in [3.63, 3.8) is 0 Å². The summed E-state index contributed by atoms with van der Waals surface area (Å²) in [7, 11) is 0. The summed E-state index contributed by atoms with van der Waals surface area (Å²) in [5.74, 6) is 0. The summed E-state index contributed by atoms with van der Waals surface area (Å²) in [4.78, 5) is 0. The Morgan fingerprint density at radius 1 is 0.471 bits per heavy atom. The molecule has 0 aromatic carbocycles. The van der Waals surface area contributed by atoms with Crippen molar-refractivity contribution in [1.29, 1.82) is 0 Å². The molecular formula is C13H32N4. The van der Waals surface area contributed by atoms with E-state index in [0.717, 1.165) is 51.9 Å². The average Bonchev–Trinajstić information content (AvgIpc) is 2.37. The van der Waals surface area contributed by atoms with E-state index in [1.807, 2.05) is 0 Å². The van der Waals surface area contributed by atoms with E-state index in [1.165, 1.54) is 25.7 Å². The van der Waals surface area contributed by atoms with Gasteiger partial charge in [0.25, 0.3) is 0 Å². The van der Waals surface area contributed by atoms with Crippen LogP contribution in [0.5, 0.6) is 0 Å². The van der Waals surface area contributed by atoms with E-state index in [4.69, 9.17) is 22.9 Å². The fourth-order valence-electron chi connectivity index (χ4n) is 2.66. The third-order valence-electron chi connectivity index (χ3n) is 3.64. The van der Waals surface area contributed by atoms with Crippen molar-refractivity contribution in [2.45, 2.75) is 51.4 Å². The third-order valence-corrected chi connectivity index (χ3v) is 3.64. The molecule has 0 heterocycles. The first-order valence-corrected chi connectivity index (χ1v) is 7.05. The predicted molar refractivity (Wildman–Crippen MR) is 75.6 cm³/mol. The highest BCUT2D eigenvalue weighted by Gasteiger charge is 2.27. The number of rotatable bonds is 12. The van der Waals surface area contributed by atoms with E-state index in [1.54, 1.807) is 0 Å². The lowest BCUT2D eigenvalue weighted by Gasteiger charge is -2.34. The third kappa shape index (κ3) is 7.71. The van der Waals surface area contributed by atoms with Crippen molar-refractivity contribution in [2.75, 3.05) is 26.2 Å². The monoisotopic (exact) mass is 244 g/mol. The van der Waals surface area contributed by atoms with Gasteiger partial charge in [-0.05, 0) is 83.0 Å². The van der Waals surface area contributed by atoms with Gasteiger partial charge in [0.05, 0.1) is 0 Å². The van der Waals surface area contributed by atoms with Crippen LogP contribution < -0.4 is 22.9 Å². The molecule has 0 bridgehead atoms. The van der Waals surface area contributed by atoms with Crippen LogP contribution in [0.25, 0.3) is 0 Å². The van der Waals surface area contributed by atoms with Crippen LogP contribution in [0.15, 0.2) is 0 Å². The molecule has 8 N–H and O–H groups in total. The fourth-order valence-corrected chi connectivity index (χ4v) is 2.66. The molecule has 0 radical (unpaired) electrons. The Kier molecular flexibility index (Phi) is 10.9. The van der Waals surface area contributed by atoms with Crippen molar-refractivity contribution < 1.29 is 0 Å². The summed E-state index contributed by atoms with van der Waals surface area (Å²) in [6, 6.07) is 0. The van der Waals surface area contributed by atoms with Gasteiger partial charge >= 0.3 is 0 Å². The molecule has 0 aliphatic heterocycles. The molecule has 4 nitrogen and oxygen atoms in total. The lowest BCUT2D eigenvalue weighted by atomic mass is 9.72. The summed E-state index contributed by atoms with van der Waals surface area (Å²) in [6.45, 7) is 3.09. The highest BCUT2D eigenvalue weighted by atomic mass is 14.6. The van der Waals surface area contributed by atoms with Gasteiger partial charge in [0.1, 0.15) is 0 Å². The summed E-state index contributed by atoms with van der Waals surface area (Å²) in [5.41, 5.74) is 23.0. The molecule has 0 spiro atoms. The summed E-state index contributed by atoms with van der Waals surface area (Å²) >= 11 is 0. The van der Waals surface area contributed by atoms with Gasteiger partial charge < -0.3 is 22.9 Å². The molecule has 0 aromatic heterocycles. The summed E-state index contributed by atoms with van der Waals surface area (Å²) < 4.78 is 0. The molecule has 0 atom stereocenters. The number of hydrogen-bond acceptors (Lipinski definition) is 4. The molecule has 0 unspecified atom stereocenters. The maximum absolute atomic E-state index is 5.65. The van der Waals surface area contributed by atoms with Crippen molar-refractivity contribution in [2.24, 2.45) is 28.3 Å². The molecule has 0 saturated carbocycles. The molecule has 0 fully saturated rings. The predicted octanol–water partition coefficient (Wildman–Crippen LogP) is 0.928. The second-order valence-corrected chi connectivity index (χ2v) is 5.07. The quantitative estimate of drug-likeness (QED) is 0.410. The van der Waals surface area contributed by atoms with Gasteiger partial charge in [0.2, 0.25) is 0 Å². The zero-order chi connectivity index (χ0) is 13.0. The highest BCUT2D eigenvalue weighted by molar-refractivity contribution is 4.80. The smallest absolute Gasteiger partial charge is 0.00771 e. The van der Waals surface area contributed by atoms with E-state index in [0.29, 0.717) is 5.41 Å².